The standard InChI is InChI=1S/C17H20ClN3O4/c1-12-4-6-14(25-12)11-20(9-8-19(2)3)17(22)13-5-7-15(18)16(10-13)21(23)24/h4-7,10H,8-9,11H2,1-3H3. The van der Waals surface area contributed by atoms with E-state index in [-0.39, 0.29) is 28.7 Å². The normalized spacial score (nSPS) is 10.9. The van der Waals surface area contributed by atoms with Gasteiger partial charge in [0.05, 0.1) is 11.5 Å². The minimum Gasteiger partial charge on any atom is -0.464 e. The molecule has 1 amide bonds. The van der Waals surface area contributed by atoms with Crippen molar-refractivity contribution in [3.8, 4) is 0 Å². The number of hydrogen-bond acceptors (Lipinski definition) is 5. The fourth-order valence-electron chi connectivity index (χ4n) is 2.30. The van der Waals surface area contributed by atoms with Crippen LogP contribution in [0.3, 0.4) is 0 Å². The first-order valence-electron chi connectivity index (χ1n) is 7.71. The maximum absolute atomic E-state index is 12.9. The number of carbonyl (C=O) groups excluding carboxylic acids is 1. The van der Waals surface area contributed by atoms with Gasteiger partial charge in [0.25, 0.3) is 11.6 Å². The molecule has 0 fully saturated rings. The molecule has 0 saturated carbocycles. The summed E-state index contributed by atoms with van der Waals surface area (Å²) < 4.78 is 5.55. The lowest BCUT2D eigenvalue weighted by atomic mass is 10.1. The second-order valence-electron chi connectivity index (χ2n) is 5.97. The summed E-state index contributed by atoms with van der Waals surface area (Å²) in [5, 5.41) is 11.1. The molecule has 0 aliphatic heterocycles. The first-order valence-corrected chi connectivity index (χ1v) is 8.09. The van der Waals surface area contributed by atoms with Crippen molar-refractivity contribution in [1.82, 2.24) is 9.80 Å². The largest absolute Gasteiger partial charge is 0.464 e. The van der Waals surface area contributed by atoms with Gasteiger partial charge in [-0.25, -0.2) is 0 Å². The predicted molar refractivity (Wildman–Crippen MR) is 94.8 cm³/mol. The summed E-state index contributed by atoms with van der Waals surface area (Å²) in [7, 11) is 3.82. The number of nitro groups is 1. The number of aryl methyl sites for hydroxylation is 1. The number of benzene rings is 1. The van der Waals surface area contributed by atoms with Gasteiger partial charge in [-0.05, 0) is 45.3 Å². The number of furan rings is 1. The number of amides is 1. The van der Waals surface area contributed by atoms with Gasteiger partial charge in [-0.15, -0.1) is 0 Å². The van der Waals surface area contributed by atoms with Gasteiger partial charge in [-0.3, -0.25) is 14.9 Å². The van der Waals surface area contributed by atoms with Crippen LogP contribution in [0.5, 0.6) is 0 Å². The molecule has 0 bridgehead atoms. The molecular weight excluding hydrogens is 346 g/mol. The van der Waals surface area contributed by atoms with Crippen molar-refractivity contribution in [3.05, 3.63) is 62.6 Å². The smallest absolute Gasteiger partial charge is 0.288 e. The van der Waals surface area contributed by atoms with E-state index in [1.807, 2.05) is 38.1 Å². The van der Waals surface area contributed by atoms with Crippen LogP contribution in [-0.2, 0) is 6.54 Å². The molecule has 0 spiro atoms. The maximum atomic E-state index is 12.9. The van der Waals surface area contributed by atoms with E-state index >= 15 is 0 Å². The summed E-state index contributed by atoms with van der Waals surface area (Å²) >= 11 is 5.82. The SMILES string of the molecule is Cc1ccc(CN(CCN(C)C)C(=O)c2ccc(Cl)c([N+](=O)[O-])c2)o1. The van der Waals surface area contributed by atoms with E-state index in [1.54, 1.807) is 4.90 Å². The Hall–Kier alpha value is -2.38. The third kappa shape index (κ3) is 5.04. The molecule has 0 unspecified atom stereocenters. The maximum Gasteiger partial charge on any atom is 0.288 e. The number of hydrogen-bond donors (Lipinski definition) is 0. The molecule has 0 radical (unpaired) electrons. The van der Waals surface area contributed by atoms with Gasteiger partial charge in [0.2, 0.25) is 0 Å². The van der Waals surface area contributed by atoms with Crippen molar-refractivity contribution in [2.45, 2.75) is 13.5 Å². The number of nitrogens with zero attached hydrogens (tertiary/aromatic N) is 3. The van der Waals surface area contributed by atoms with E-state index in [4.69, 9.17) is 16.0 Å². The summed E-state index contributed by atoms with van der Waals surface area (Å²) in [4.78, 5) is 26.9. The lowest BCUT2D eigenvalue weighted by Crippen LogP contribution is -2.36. The molecule has 0 saturated heterocycles. The van der Waals surface area contributed by atoms with Crippen LogP contribution in [0.1, 0.15) is 21.9 Å². The summed E-state index contributed by atoms with van der Waals surface area (Å²) in [6, 6.07) is 7.72. The highest BCUT2D eigenvalue weighted by Crippen LogP contribution is 2.26. The fourth-order valence-corrected chi connectivity index (χ4v) is 2.49. The first kappa shape index (κ1) is 19.0. The zero-order chi connectivity index (χ0) is 18.6. The summed E-state index contributed by atoms with van der Waals surface area (Å²) in [5.74, 6) is 1.11. The Morgan fingerprint density at radius 2 is 1.96 bits per heavy atom. The fraction of sp³-hybridized carbons (Fsp3) is 0.353. The first-order chi connectivity index (χ1) is 11.8. The molecule has 25 heavy (non-hydrogen) atoms. The molecule has 134 valence electrons. The van der Waals surface area contributed by atoms with Crippen LogP contribution in [0.2, 0.25) is 5.02 Å². The second kappa shape index (κ2) is 8.13. The molecule has 2 aromatic rings. The topological polar surface area (TPSA) is 79.8 Å². The zero-order valence-corrected chi connectivity index (χ0v) is 15.1. The lowest BCUT2D eigenvalue weighted by molar-refractivity contribution is -0.384. The van der Waals surface area contributed by atoms with Gasteiger partial charge in [0.15, 0.2) is 0 Å². The van der Waals surface area contributed by atoms with Crippen molar-refractivity contribution >= 4 is 23.2 Å². The molecular formula is C17H20ClN3O4. The number of halogens is 1. The molecule has 0 aliphatic rings. The molecule has 2 rings (SSSR count). The Labute approximate surface area is 150 Å². The monoisotopic (exact) mass is 365 g/mol. The van der Waals surface area contributed by atoms with Crippen LogP contribution in [0.15, 0.2) is 34.7 Å². The molecule has 1 aromatic heterocycles. The van der Waals surface area contributed by atoms with Gasteiger partial charge in [-0.2, -0.15) is 0 Å². The molecule has 0 N–H and O–H groups in total. The number of rotatable bonds is 7. The summed E-state index contributed by atoms with van der Waals surface area (Å²) in [6.45, 7) is 3.23. The van der Waals surface area contributed by atoms with Crippen LogP contribution < -0.4 is 0 Å². The Morgan fingerprint density at radius 1 is 1.24 bits per heavy atom. The average Bonchev–Trinajstić information content (AvgIpc) is 2.96. The molecule has 8 heteroatoms. The number of carbonyl (C=O) groups is 1. The summed E-state index contributed by atoms with van der Waals surface area (Å²) in [5.41, 5.74) is -0.0629. The minimum atomic E-state index is -0.598. The number of nitro benzene ring substituents is 1. The van der Waals surface area contributed by atoms with Crippen LogP contribution in [0, 0.1) is 17.0 Å². The highest BCUT2D eigenvalue weighted by atomic mass is 35.5. The lowest BCUT2D eigenvalue weighted by Gasteiger charge is -2.23. The van der Waals surface area contributed by atoms with Crippen molar-refractivity contribution < 1.29 is 14.1 Å². The zero-order valence-electron chi connectivity index (χ0n) is 14.4. The quantitative estimate of drug-likeness (QED) is 0.555. The van der Waals surface area contributed by atoms with Crippen LogP contribution in [0.4, 0.5) is 5.69 Å². The molecule has 0 aliphatic carbocycles. The molecule has 1 aromatic carbocycles. The Kier molecular flexibility index (Phi) is 6.17. The number of likely N-dealkylation sites (N-methyl/N-ethyl adjacent to an activating group) is 1. The van der Waals surface area contributed by atoms with E-state index in [2.05, 4.69) is 0 Å². The second-order valence-corrected chi connectivity index (χ2v) is 6.37. The Morgan fingerprint density at radius 3 is 2.52 bits per heavy atom. The van der Waals surface area contributed by atoms with Crippen molar-refractivity contribution in [1.29, 1.82) is 0 Å². The van der Waals surface area contributed by atoms with E-state index in [9.17, 15) is 14.9 Å². The minimum absolute atomic E-state index is 0.00282. The van der Waals surface area contributed by atoms with E-state index < -0.39 is 4.92 Å². The summed E-state index contributed by atoms with van der Waals surface area (Å²) in [6.07, 6.45) is 0. The Balaban J connectivity index is 2.27. The highest BCUT2D eigenvalue weighted by Gasteiger charge is 2.21. The third-order valence-electron chi connectivity index (χ3n) is 3.64. The molecule has 7 nitrogen and oxygen atoms in total. The third-order valence-corrected chi connectivity index (χ3v) is 3.96. The van der Waals surface area contributed by atoms with Gasteiger partial charge in [0, 0.05) is 24.7 Å². The van der Waals surface area contributed by atoms with E-state index in [0.29, 0.717) is 18.8 Å². The van der Waals surface area contributed by atoms with Gasteiger partial charge < -0.3 is 14.2 Å². The highest BCUT2D eigenvalue weighted by molar-refractivity contribution is 6.32. The Bertz CT molecular complexity index is 773. The molecule has 1 heterocycles. The van der Waals surface area contributed by atoms with Crippen molar-refractivity contribution in [2.24, 2.45) is 0 Å². The molecule has 0 atom stereocenters. The van der Waals surface area contributed by atoms with Crippen LogP contribution >= 0.6 is 11.6 Å². The van der Waals surface area contributed by atoms with E-state index in [1.165, 1.54) is 18.2 Å². The van der Waals surface area contributed by atoms with Crippen LogP contribution in [0.25, 0.3) is 0 Å². The van der Waals surface area contributed by atoms with Crippen molar-refractivity contribution in [2.75, 3.05) is 27.2 Å². The van der Waals surface area contributed by atoms with Crippen LogP contribution in [-0.4, -0.2) is 47.8 Å². The average molecular weight is 366 g/mol. The predicted octanol–water partition coefficient (Wildman–Crippen LogP) is 3.35. The van der Waals surface area contributed by atoms with Gasteiger partial charge in [0.1, 0.15) is 16.5 Å². The van der Waals surface area contributed by atoms with Gasteiger partial charge >= 0.3 is 0 Å². The van der Waals surface area contributed by atoms with Gasteiger partial charge in [-0.1, -0.05) is 11.6 Å². The van der Waals surface area contributed by atoms with Crippen molar-refractivity contribution in [3.63, 3.8) is 0 Å². The van der Waals surface area contributed by atoms with E-state index in [0.717, 1.165) is 5.76 Å².